The van der Waals surface area contributed by atoms with Crippen molar-refractivity contribution in [3.8, 4) is 5.75 Å². The van der Waals surface area contributed by atoms with E-state index < -0.39 is 0 Å². The summed E-state index contributed by atoms with van der Waals surface area (Å²) in [4.78, 5) is 12.6. The first-order valence-corrected chi connectivity index (χ1v) is 7.08. The van der Waals surface area contributed by atoms with Crippen molar-refractivity contribution in [1.29, 1.82) is 0 Å². The molecule has 0 spiro atoms. The third kappa shape index (κ3) is 2.09. The van der Waals surface area contributed by atoms with Gasteiger partial charge in [-0.1, -0.05) is 30.3 Å². The second-order valence-electron chi connectivity index (χ2n) is 5.27. The molecule has 3 aromatic rings. The largest absolute Gasteiger partial charge is 0.497 e. The molecule has 0 amide bonds. The lowest BCUT2D eigenvalue weighted by molar-refractivity contribution is 0.374. The van der Waals surface area contributed by atoms with E-state index in [9.17, 15) is 4.79 Å². The van der Waals surface area contributed by atoms with E-state index in [1.807, 2.05) is 30.3 Å². The molecule has 1 unspecified atom stereocenters. The molecule has 0 bridgehead atoms. The van der Waals surface area contributed by atoms with Crippen LogP contribution in [0.15, 0.2) is 64.0 Å². The maximum absolute atomic E-state index is 12.6. The van der Waals surface area contributed by atoms with E-state index in [-0.39, 0.29) is 17.6 Å². The van der Waals surface area contributed by atoms with Gasteiger partial charge in [0.1, 0.15) is 29.8 Å². The predicted molar refractivity (Wildman–Crippen MR) is 82.0 cm³/mol. The van der Waals surface area contributed by atoms with Gasteiger partial charge in [-0.25, -0.2) is 0 Å². The fraction of sp³-hybridized carbons (Fsp3) is 0.167. The van der Waals surface area contributed by atoms with Crippen LogP contribution >= 0.6 is 0 Å². The normalized spacial score (nSPS) is 20.0. The Morgan fingerprint density at radius 1 is 1.05 bits per heavy atom. The molecule has 4 heteroatoms. The minimum Gasteiger partial charge on any atom is -0.497 e. The Kier molecular flexibility index (Phi) is 2.98. The Morgan fingerprint density at radius 2 is 1.86 bits per heavy atom. The summed E-state index contributed by atoms with van der Waals surface area (Å²) in [7, 11) is 1.58. The zero-order valence-electron chi connectivity index (χ0n) is 12.0. The molecule has 0 radical (unpaired) electrons. The number of hydrogen-bond donors (Lipinski definition) is 0. The third-order valence-corrected chi connectivity index (χ3v) is 3.93. The van der Waals surface area contributed by atoms with Gasteiger partial charge in [-0.05, 0) is 17.7 Å². The molecule has 110 valence electrons. The van der Waals surface area contributed by atoms with E-state index in [2.05, 4.69) is 0 Å². The molecule has 1 saturated heterocycles. The highest BCUT2D eigenvalue weighted by molar-refractivity contribution is 5.78. The van der Waals surface area contributed by atoms with Crippen LogP contribution in [0, 0.1) is 0 Å². The monoisotopic (exact) mass is 294 g/mol. The SMILES string of the molecule is COc1ccc2c(=O)c(C3O[C@@H]3c3ccccc3)coc2c1. The number of ether oxygens (including phenoxy) is 2. The first-order valence-electron chi connectivity index (χ1n) is 7.08. The van der Waals surface area contributed by atoms with Gasteiger partial charge in [0.15, 0.2) is 5.43 Å². The van der Waals surface area contributed by atoms with E-state index in [0.29, 0.717) is 22.3 Å². The van der Waals surface area contributed by atoms with Crippen molar-refractivity contribution in [1.82, 2.24) is 0 Å². The number of hydrogen-bond acceptors (Lipinski definition) is 4. The zero-order chi connectivity index (χ0) is 15.1. The Morgan fingerprint density at radius 3 is 2.64 bits per heavy atom. The Labute approximate surface area is 126 Å². The van der Waals surface area contributed by atoms with E-state index in [4.69, 9.17) is 13.9 Å². The van der Waals surface area contributed by atoms with Crippen LogP contribution in [0.5, 0.6) is 5.75 Å². The van der Waals surface area contributed by atoms with Crippen LogP contribution in [0.2, 0.25) is 0 Å². The van der Waals surface area contributed by atoms with Gasteiger partial charge in [-0.15, -0.1) is 0 Å². The van der Waals surface area contributed by atoms with Crippen molar-refractivity contribution in [3.63, 3.8) is 0 Å². The molecule has 1 aliphatic rings. The first-order chi connectivity index (χ1) is 10.8. The maximum Gasteiger partial charge on any atom is 0.198 e. The van der Waals surface area contributed by atoms with Gasteiger partial charge >= 0.3 is 0 Å². The minimum atomic E-state index is -0.231. The van der Waals surface area contributed by atoms with Crippen molar-refractivity contribution in [2.75, 3.05) is 7.11 Å². The van der Waals surface area contributed by atoms with Gasteiger partial charge in [0.2, 0.25) is 0 Å². The second-order valence-corrected chi connectivity index (χ2v) is 5.27. The molecule has 4 nitrogen and oxygen atoms in total. The van der Waals surface area contributed by atoms with Gasteiger partial charge in [-0.2, -0.15) is 0 Å². The summed E-state index contributed by atoms with van der Waals surface area (Å²) < 4.78 is 16.4. The number of rotatable bonds is 3. The summed E-state index contributed by atoms with van der Waals surface area (Å²) in [6.45, 7) is 0. The summed E-state index contributed by atoms with van der Waals surface area (Å²) in [6.07, 6.45) is 1.20. The summed E-state index contributed by atoms with van der Waals surface area (Å²) in [5.41, 5.74) is 2.10. The molecular weight excluding hydrogens is 280 g/mol. The molecule has 1 aromatic heterocycles. The zero-order valence-corrected chi connectivity index (χ0v) is 12.0. The summed E-state index contributed by atoms with van der Waals surface area (Å²) in [5, 5.41) is 0.542. The number of epoxide rings is 1. The smallest absolute Gasteiger partial charge is 0.198 e. The number of methoxy groups -OCH3 is 1. The summed E-state index contributed by atoms with van der Waals surface area (Å²) in [6, 6.07) is 15.1. The van der Waals surface area contributed by atoms with Gasteiger partial charge in [-0.3, -0.25) is 4.79 Å². The van der Waals surface area contributed by atoms with Crippen LogP contribution in [0.25, 0.3) is 11.0 Å². The van der Waals surface area contributed by atoms with Crippen LogP contribution in [-0.4, -0.2) is 7.11 Å². The van der Waals surface area contributed by atoms with Crippen molar-refractivity contribution < 1.29 is 13.9 Å². The van der Waals surface area contributed by atoms with Crippen LogP contribution < -0.4 is 10.2 Å². The molecule has 2 aromatic carbocycles. The van der Waals surface area contributed by atoms with Crippen molar-refractivity contribution in [2.24, 2.45) is 0 Å². The molecule has 22 heavy (non-hydrogen) atoms. The molecule has 4 rings (SSSR count). The van der Waals surface area contributed by atoms with Crippen LogP contribution in [0.4, 0.5) is 0 Å². The van der Waals surface area contributed by atoms with Crippen molar-refractivity contribution >= 4 is 11.0 Å². The molecule has 1 fully saturated rings. The van der Waals surface area contributed by atoms with Gasteiger partial charge in [0.25, 0.3) is 0 Å². The number of benzene rings is 2. The van der Waals surface area contributed by atoms with Crippen molar-refractivity contribution in [3.05, 3.63) is 76.1 Å². The fourth-order valence-corrected chi connectivity index (χ4v) is 2.69. The Balaban J connectivity index is 1.72. The lowest BCUT2D eigenvalue weighted by atomic mass is 10.0. The highest BCUT2D eigenvalue weighted by atomic mass is 16.6. The quantitative estimate of drug-likeness (QED) is 0.692. The average Bonchev–Trinajstić information content (AvgIpc) is 3.36. The number of fused-ring (bicyclic) bond motifs is 1. The van der Waals surface area contributed by atoms with E-state index >= 15 is 0 Å². The lowest BCUT2D eigenvalue weighted by Crippen LogP contribution is -2.08. The lowest BCUT2D eigenvalue weighted by Gasteiger charge is -2.03. The highest BCUT2D eigenvalue weighted by Crippen LogP contribution is 2.50. The molecule has 0 saturated carbocycles. The Bertz CT molecular complexity index is 882. The minimum absolute atomic E-state index is 0.0488. The molecular formula is C18H14O4. The van der Waals surface area contributed by atoms with Gasteiger partial charge < -0.3 is 13.9 Å². The molecule has 0 aliphatic carbocycles. The van der Waals surface area contributed by atoms with E-state index in [1.54, 1.807) is 25.3 Å². The van der Waals surface area contributed by atoms with Gasteiger partial charge in [0, 0.05) is 6.07 Å². The van der Waals surface area contributed by atoms with Gasteiger partial charge in [0.05, 0.1) is 18.1 Å². The highest BCUT2D eigenvalue weighted by Gasteiger charge is 2.43. The van der Waals surface area contributed by atoms with Crippen LogP contribution in [-0.2, 0) is 4.74 Å². The fourth-order valence-electron chi connectivity index (χ4n) is 2.69. The summed E-state index contributed by atoms with van der Waals surface area (Å²) in [5.74, 6) is 0.660. The third-order valence-electron chi connectivity index (χ3n) is 3.93. The Hall–Kier alpha value is -2.59. The molecule has 1 aliphatic heterocycles. The maximum atomic E-state index is 12.6. The predicted octanol–water partition coefficient (Wildman–Crippen LogP) is 3.61. The molecule has 2 heterocycles. The van der Waals surface area contributed by atoms with E-state index in [0.717, 1.165) is 5.56 Å². The topological polar surface area (TPSA) is 52.0 Å². The molecule has 2 atom stereocenters. The second kappa shape index (κ2) is 5.00. The average molecular weight is 294 g/mol. The van der Waals surface area contributed by atoms with Crippen molar-refractivity contribution in [2.45, 2.75) is 12.2 Å². The summed E-state index contributed by atoms with van der Waals surface area (Å²) >= 11 is 0. The molecule has 0 N–H and O–H groups in total. The first kappa shape index (κ1) is 13.1. The van der Waals surface area contributed by atoms with Crippen LogP contribution in [0.1, 0.15) is 23.3 Å². The van der Waals surface area contributed by atoms with E-state index in [1.165, 1.54) is 6.26 Å². The van der Waals surface area contributed by atoms with Crippen LogP contribution in [0.3, 0.4) is 0 Å². The standard InChI is InChI=1S/C18H14O4/c1-20-12-7-8-13-15(9-12)21-10-14(16(13)19)18-17(22-18)11-5-3-2-4-6-11/h2-10,17-18H,1H3/t17-,18?/m1/s1.